The van der Waals surface area contributed by atoms with E-state index in [1.807, 2.05) is 43.3 Å². The van der Waals surface area contributed by atoms with Crippen LogP contribution in [0.25, 0.3) is 11.1 Å². The summed E-state index contributed by atoms with van der Waals surface area (Å²) in [5.41, 5.74) is 4.68. The Balaban J connectivity index is 1.62. The number of rotatable bonds is 7. The van der Waals surface area contributed by atoms with Crippen molar-refractivity contribution in [2.75, 3.05) is 13.7 Å². The summed E-state index contributed by atoms with van der Waals surface area (Å²) in [4.78, 5) is 26.0. The Labute approximate surface area is 198 Å². The summed E-state index contributed by atoms with van der Waals surface area (Å²) in [6.45, 7) is 2.84. The van der Waals surface area contributed by atoms with Crippen molar-refractivity contribution in [1.82, 2.24) is 4.90 Å². The Kier molecular flexibility index (Phi) is 6.96. The minimum absolute atomic E-state index is 0.0426. The van der Waals surface area contributed by atoms with Crippen molar-refractivity contribution >= 4 is 11.9 Å². The number of carboxylic acid groups (broad SMARTS) is 1. The average Bonchev–Trinajstić information content (AvgIpc) is 2.84. The van der Waals surface area contributed by atoms with Crippen molar-refractivity contribution in [3.63, 3.8) is 0 Å². The van der Waals surface area contributed by atoms with Crippen molar-refractivity contribution < 1.29 is 23.8 Å². The minimum atomic E-state index is -0.923. The van der Waals surface area contributed by atoms with Gasteiger partial charge in [0, 0.05) is 25.1 Å². The van der Waals surface area contributed by atoms with Gasteiger partial charge < -0.3 is 14.7 Å². The molecule has 176 valence electrons. The molecule has 0 saturated carbocycles. The second-order valence-electron chi connectivity index (χ2n) is 8.74. The fraction of sp³-hybridized carbons (Fsp3) is 0.286. The average molecular weight is 462 g/mol. The molecule has 3 aromatic rings. The zero-order valence-corrected chi connectivity index (χ0v) is 19.4. The largest absolute Gasteiger partial charge is 0.496 e. The molecular formula is C28H28FNO4. The first-order valence-corrected chi connectivity index (χ1v) is 11.4. The third-order valence-corrected chi connectivity index (χ3v) is 6.47. The van der Waals surface area contributed by atoms with Gasteiger partial charge in [-0.05, 0) is 52.3 Å². The van der Waals surface area contributed by atoms with Gasteiger partial charge in [0.1, 0.15) is 11.6 Å². The summed E-state index contributed by atoms with van der Waals surface area (Å²) in [5, 5.41) is 9.10. The smallest absolute Gasteiger partial charge is 0.307 e. The number of nitrogens with zero attached hydrogens (tertiary/aromatic N) is 1. The highest BCUT2D eigenvalue weighted by Crippen LogP contribution is 2.38. The molecule has 5 nitrogen and oxygen atoms in total. The topological polar surface area (TPSA) is 66.8 Å². The lowest BCUT2D eigenvalue weighted by Gasteiger charge is -2.32. The fourth-order valence-corrected chi connectivity index (χ4v) is 4.63. The van der Waals surface area contributed by atoms with Gasteiger partial charge in [0.25, 0.3) is 0 Å². The van der Waals surface area contributed by atoms with Crippen LogP contribution in [-0.4, -0.2) is 35.5 Å². The van der Waals surface area contributed by atoms with Crippen LogP contribution in [0.2, 0.25) is 0 Å². The molecule has 1 aliphatic rings. The van der Waals surface area contributed by atoms with Gasteiger partial charge in [-0.25, -0.2) is 4.39 Å². The molecule has 0 fully saturated rings. The zero-order chi connectivity index (χ0) is 24.2. The lowest BCUT2D eigenvalue weighted by atomic mass is 9.89. The molecule has 1 heterocycles. The first kappa shape index (κ1) is 23.5. The Morgan fingerprint density at radius 1 is 1.06 bits per heavy atom. The Hall–Kier alpha value is -3.67. The molecule has 4 rings (SSSR count). The molecular weight excluding hydrogens is 433 g/mol. The molecule has 1 amide bonds. The monoisotopic (exact) mass is 461 g/mol. The number of hydrogen-bond acceptors (Lipinski definition) is 3. The molecule has 0 aliphatic carbocycles. The molecule has 6 heteroatoms. The molecule has 1 atom stereocenters. The molecule has 0 unspecified atom stereocenters. The second-order valence-corrected chi connectivity index (χ2v) is 8.74. The van der Waals surface area contributed by atoms with Crippen LogP contribution < -0.4 is 4.74 Å². The minimum Gasteiger partial charge on any atom is -0.496 e. The third-order valence-electron chi connectivity index (χ3n) is 6.47. The molecule has 0 aromatic heterocycles. The second kappa shape index (κ2) is 10.1. The van der Waals surface area contributed by atoms with E-state index < -0.39 is 5.97 Å². The van der Waals surface area contributed by atoms with E-state index in [0.717, 1.165) is 22.3 Å². The lowest BCUT2D eigenvalue weighted by Crippen LogP contribution is -2.37. The third kappa shape index (κ3) is 4.96. The maximum absolute atomic E-state index is 14.7. The molecule has 1 aliphatic heterocycles. The number of hydrogen-bond donors (Lipinski definition) is 1. The number of carboxylic acids is 1. The number of amides is 1. The number of ether oxygens (including phenoxy) is 1. The van der Waals surface area contributed by atoms with Gasteiger partial charge in [0.05, 0.1) is 13.5 Å². The number of carbonyl (C=O) groups excluding carboxylic acids is 1. The lowest BCUT2D eigenvalue weighted by molar-refractivity contribution is -0.136. The molecule has 0 bridgehead atoms. The van der Waals surface area contributed by atoms with Crippen LogP contribution in [0.1, 0.15) is 41.5 Å². The summed E-state index contributed by atoms with van der Waals surface area (Å²) in [7, 11) is 1.53. The van der Waals surface area contributed by atoms with Crippen molar-refractivity contribution in [2.24, 2.45) is 0 Å². The standard InChI is InChI=1S/C28H28FNO4/c1-18(20-6-4-3-5-7-20)14-27(31)30-13-12-22-24(17-30)21(10-11-25(22)29)23-9-8-19(16-28(32)33)15-26(23)34-2/h3-11,15,18H,12-14,16-17H2,1-2H3,(H,32,33)/t18-/m1/s1. The van der Waals surface area contributed by atoms with E-state index in [4.69, 9.17) is 9.84 Å². The Morgan fingerprint density at radius 2 is 1.79 bits per heavy atom. The Morgan fingerprint density at radius 3 is 2.50 bits per heavy atom. The van der Waals surface area contributed by atoms with Gasteiger partial charge in [-0.2, -0.15) is 0 Å². The molecule has 34 heavy (non-hydrogen) atoms. The van der Waals surface area contributed by atoms with E-state index in [1.165, 1.54) is 13.2 Å². The van der Waals surface area contributed by atoms with Crippen molar-refractivity contribution in [1.29, 1.82) is 0 Å². The van der Waals surface area contributed by atoms with E-state index in [1.54, 1.807) is 23.1 Å². The maximum atomic E-state index is 14.7. The van der Waals surface area contributed by atoms with E-state index >= 15 is 0 Å². The van der Waals surface area contributed by atoms with Crippen LogP contribution in [0.3, 0.4) is 0 Å². The van der Waals surface area contributed by atoms with Crippen LogP contribution in [0.15, 0.2) is 60.7 Å². The van der Waals surface area contributed by atoms with Crippen molar-refractivity contribution in [2.45, 2.75) is 38.6 Å². The van der Waals surface area contributed by atoms with Crippen molar-refractivity contribution in [3.05, 3.63) is 88.7 Å². The molecule has 0 spiro atoms. The highest BCUT2D eigenvalue weighted by atomic mass is 19.1. The van der Waals surface area contributed by atoms with Crippen LogP contribution in [0.4, 0.5) is 4.39 Å². The van der Waals surface area contributed by atoms with Crippen LogP contribution in [0.5, 0.6) is 5.75 Å². The van der Waals surface area contributed by atoms with Gasteiger partial charge in [-0.3, -0.25) is 9.59 Å². The summed E-state index contributed by atoms with van der Waals surface area (Å²) >= 11 is 0. The van der Waals surface area contributed by atoms with Gasteiger partial charge in [0.2, 0.25) is 5.91 Å². The molecule has 3 aromatic carbocycles. The highest BCUT2D eigenvalue weighted by molar-refractivity contribution is 5.80. The normalized spacial score (nSPS) is 13.8. The number of carbonyl (C=O) groups is 2. The zero-order valence-electron chi connectivity index (χ0n) is 19.4. The van der Waals surface area contributed by atoms with Crippen molar-refractivity contribution in [3.8, 4) is 16.9 Å². The van der Waals surface area contributed by atoms with Gasteiger partial charge in [-0.15, -0.1) is 0 Å². The predicted molar refractivity (Wildman–Crippen MR) is 128 cm³/mol. The maximum Gasteiger partial charge on any atom is 0.307 e. The summed E-state index contributed by atoms with van der Waals surface area (Å²) in [6, 6.07) is 18.4. The SMILES string of the molecule is COc1cc(CC(=O)O)ccc1-c1ccc(F)c2c1CN(C(=O)C[C@@H](C)c1ccccc1)CC2. The molecule has 1 N–H and O–H groups in total. The van der Waals surface area contributed by atoms with E-state index in [2.05, 4.69) is 0 Å². The number of methoxy groups -OCH3 is 1. The van der Waals surface area contributed by atoms with Gasteiger partial charge >= 0.3 is 5.97 Å². The summed E-state index contributed by atoms with van der Waals surface area (Å²) in [5.74, 6) is -0.545. The van der Waals surface area contributed by atoms with Crippen LogP contribution >= 0.6 is 0 Å². The molecule has 0 radical (unpaired) electrons. The number of benzene rings is 3. The number of fused-ring (bicyclic) bond motifs is 1. The van der Waals surface area contributed by atoms with E-state index in [0.29, 0.717) is 42.8 Å². The van der Waals surface area contributed by atoms with Gasteiger partial charge in [0.15, 0.2) is 0 Å². The van der Waals surface area contributed by atoms with Gasteiger partial charge in [-0.1, -0.05) is 55.5 Å². The number of aliphatic carboxylic acids is 1. The predicted octanol–water partition coefficient (Wildman–Crippen LogP) is 5.21. The molecule has 0 saturated heterocycles. The Bertz CT molecular complexity index is 1210. The van der Waals surface area contributed by atoms with Crippen LogP contribution in [0, 0.1) is 5.82 Å². The first-order valence-electron chi connectivity index (χ1n) is 11.4. The van der Waals surface area contributed by atoms with E-state index in [9.17, 15) is 14.0 Å². The first-order chi connectivity index (χ1) is 16.4. The highest BCUT2D eigenvalue weighted by Gasteiger charge is 2.27. The quantitative estimate of drug-likeness (QED) is 0.525. The summed E-state index contributed by atoms with van der Waals surface area (Å²) < 4.78 is 20.3. The van der Waals surface area contributed by atoms with E-state index in [-0.39, 0.29) is 24.1 Å². The fourth-order valence-electron chi connectivity index (χ4n) is 4.63. The summed E-state index contributed by atoms with van der Waals surface area (Å²) in [6.07, 6.45) is 0.719. The number of halogens is 1. The van der Waals surface area contributed by atoms with Crippen LogP contribution in [-0.2, 0) is 29.0 Å².